The highest BCUT2D eigenvalue weighted by Gasteiger charge is 2.31. The molecule has 2 rings (SSSR count). The Balaban J connectivity index is 2.02. The van der Waals surface area contributed by atoms with Gasteiger partial charge in [0.1, 0.15) is 5.75 Å². The van der Waals surface area contributed by atoms with E-state index >= 15 is 0 Å². The van der Waals surface area contributed by atoms with Gasteiger partial charge in [-0.2, -0.15) is 0 Å². The molecule has 0 atom stereocenters. The van der Waals surface area contributed by atoms with Crippen LogP contribution in [0.2, 0.25) is 0 Å². The molecule has 0 aliphatic heterocycles. The van der Waals surface area contributed by atoms with E-state index in [-0.39, 0.29) is 5.75 Å². The van der Waals surface area contributed by atoms with Crippen molar-refractivity contribution in [2.45, 2.75) is 38.0 Å². The third-order valence-corrected chi connectivity index (χ3v) is 3.02. The summed E-state index contributed by atoms with van der Waals surface area (Å²) >= 11 is 0. The summed E-state index contributed by atoms with van der Waals surface area (Å²) in [5.74, 6) is 0.323. The molecule has 1 fully saturated rings. The van der Waals surface area contributed by atoms with Crippen LogP contribution in [0.5, 0.6) is 5.75 Å². The van der Waals surface area contributed by atoms with Crippen LogP contribution in [0.4, 0.5) is 13.2 Å². The van der Waals surface area contributed by atoms with E-state index in [0.29, 0.717) is 5.92 Å². The molecule has 1 radical (unpaired) electrons. The Hall–Kier alpha value is -1.19. The van der Waals surface area contributed by atoms with Gasteiger partial charge >= 0.3 is 6.36 Å². The molecule has 0 aromatic heterocycles. The average Bonchev–Trinajstić information content (AvgIpc) is 2.29. The van der Waals surface area contributed by atoms with Crippen molar-refractivity contribution in [1.29, 1.82) is 0 Å². The van der Waals surface area contributed by atoms with Crippen LogP contribution < -0.4 is 4.74 Å². The minimum atomic E-state index is -4.61. The van der Waals surface area contributed by atoms with Crippen LogP contribution in [0.1, 0.15) is 37.2 Å². The Labute approximate surface area is 98.6 Å². The zero-order chi connectivity index (χ0) is 12.3. The van der Waals surface area contributed by atoms with Gasteiger partial charge < -0.3 is 4.74 Å². The first kappa shape index (κ1) is 12.3. The van der Waals surface area contributed by atoms with E-state index in [2.05, 4.69) is 11.2 Å². The number of hydrogen-bond donors (Lipinski definition) is 0. The third kappa shape index (κ3) is 3.65. The average molecular weight is 243 g/mol. The summed E-state index contributed by atoms with van der Waals surface area (Å²) in [5, 5.41) is 0. The molecule has 0 N–H and O–H groups in total. The molecule has 0 spiro atoms. The Morgan fingerprint density at radius 3 is 2.12 bits per heavy atom. The SMILES string of the molecule is FC(F)(F)Oc1ccc(C2CC[CH]CC2)cc1. The highest BCUT2D eigenvalue weighted by Crippen LogP contribution is 2.33. The summed E-state index contributed by atoms with van der Waals surface area (Å²) in [6.07, 6.45) is 1.99. The first-order valence-corrected chi connectivity index (χ1v) is 5.72. The van der Waals surface area contributed by atoms with Gasteiger partial charge in [-0.25, -0.2) is 0 Å². The normalized spacial score (nSPS) is 18.1. The fourth-order valence-electron chi connectivity index (χ4n) is 2.20. The van der Waals surface area contributed by atoms with Crippen molar-refractivity contribution in [1.82, 2.24) is 0 Å². The molecule has 4 heteroatoms. The van der Waals surface area contributed by atoms with Crippen LogP contribution >= 0.6 is 0 Å². The maximum atomic E-state index is 12.0. The largest absolute Gasteiger partial charge is 0.573 e. The van der Waals surface area contributed by atoms with Crippen molar-refractivity contribution in [2.75, 3.05) is 0 Å². The van der Waals surface area contributed by atoms with E-state index in [1.165, 1.54) is 12.1 Å². The fourth-order valence-corrected chi connectivity index (χ4v) is 2.20. The summed E-state index contributed by atoms with van der Waals surface area (Å²) in [4.78, 5) is 0. The Morgan fingerprint density at radius 2 is 1.59 bits per heavy atom. The van der Waals surface area contributed by atoms with Gasteiger partial charge in [-0.3, -0.25) is 0 Å². The lowest BCUT2D eigenvalue weighted by Crippen LogP contribution is -2.17. The van der Waals surface area contributed by atoms with Crippen molar-refractivity contribution < 1.29 is 17.9 Å². The number of halogens is 3. The molecule has 93 valence electrons. The van der Waals surface area contributed by atoms with Crippen LogP contribution in [0, 0.1) is 6.42 Å². The number of alkyl halides is 3. The first-order valence-electron chi connectivity index (χ1n) is 5.72. The van der Waals surface area contributed by atoms with Gasteiger partial charge in [0.2, 0.25) is 0 Å². The van der Waals surface area contributed by atoms with Gasteiger partial charge in [-0.15, -0.1) is 13.2 Å². The Bertz CT molecular complexity index is 350. The molecule has 1 aliphatic rings. The van der Waals surface area contributed by atoms with E-state index in [0.717, 1.165) is 31.2 Å². The van der Waals surface area contributed by atoms with Gasteiger partial charge in [-0.05, 0) is 55.7 Å². The lowest BCUT2D eigenvalue weighted by molar-refractivity contribution is -0.274. The highest BCUT2D eigenvalue weighted by atomic mass is 19.4. The second kappa shape index (κ2) is 4.98. The van der Waals surface area contributed by atoms with Crippen LogP contribution in [0.25, 0.3) is 0 Å². The number of hydrogen-bond acceptors (Lipinski definition) is 1. The predicted molar refractivity (Wildman–Crippen MR) is 58.6 cm³/mol. The van der Waals surface area contributed by atoms with Crippen LogP contribution in [-0.2, 0) is 0 Å². The zero-order valence-electron chi connectivity index (χ0n) is 9.33. The van der Waals surface area contributed by atoms with Gasteiger partial charge in [0, 0.05) is 0 Å². The molecule has 1 nitrogen and oxygen atoms in total. The standard InChI is InChI=1S/C13H14F3O/c14-13(15,16)17-12-8-6-11(7-9-12)10-4-2-1-3-5-10/h1,6-10H,2-5H2. The summed E-state index contributed by atoms with van der Waals surface area (Å²) < 4.78 is 39.7. The van der Waals surface area contributed by atoms with Gasteiger partial charge in [-0.1, -0.05) is 12.1 Å². The molecule has 1 aliphatic carbocycles. The molecule has 0 bridgehead atoms. The summed E-state index contributed by atoms with van der Waals surface area (Å²) in [5.41, 5.74) is 1.10. The van der Waals surface area contributed by atoms with Gasteiger partial charge in [0.25, 0.3) is 0 Å². The summed E-state index contributed by atoms with van der Waals surface area (Å²) in [7, 11) is 0. The fraction of sp³-hybridized carbons (Fsp3) is 0.462. The minimum absolute atomic E-state index is 0.149. The second-order valence-electron chi connectivity index (χ2n) is 4.26. The molecular weight excluding hydrogens is 229 g/mol. The topological polar surface area (TPSA) is 9.23 Å². The van der Waals surface area contributed by atoms with E-state index in [4.69, 9.17) is 0 Å². The number of rotatable bonds is 2. The molecule has 0 unspecified atom stereocenters. The van der Waals surface area contributed by atoms with Crippen molar-refractivity contribution in [2.24, 2.45) is 0 Å². The minimum Gasteiger partial charge on any atom is -0.406 e. The molecule has 0 saturated heterocycles. The molecule has 17 heavy (non-hydrogen) atoms. The van der Waals surface area contributed by atoms with Crippen molar-refractivity contribution >= 4 is 0 Å². The predicted octanol–water partition coefficient (Wildman–Crippen LogP) is 4.45. The highest BCUT2D eigenvalue weighted by molar-refractivity contribution is 5.30. The number of benzene rings is 1. The van der Waals surface area contributed by atoms with Crippen LogP contribution in [-0.4, -0.2) is 6.36 Å². The zero-order valence-corrected chi connectivity index (χ0v) is 9.33. The lowest BCUT2D eigenvalue weighted by atomic mass is 9.84. The second-order valence-corrected chi connectivity index (χ2v) is 4.26. The van der Waals surface area contributed by atoms with Crippen LogP contribution in [0.3, 0.4) is 0 Å². The molecule has 0 amide bonds. The van der Waals surface area contributed by atoms with E-state index < -0.39 is 6.36 Å². The molecular formula is C13H14F3O. The van der Waals surface area contributed by atoms with Gasteiger partial charge in [0.05, 0.1) is 0 Å². The monoisotopic (exact) mass is 243 g/mol. The Morgan fingerprint density at radius 1 is 1.00 bits per heavy atom. The van der Waals surface area contributed by atoms with Gasteiger partial charge in [0.15, 0.2) is 0 Å². The van der Waals surface area contributed by atoms with Crippen LogP contribution in [0.15, 0.2) is 24.3 Å². The van der Waals surface area contributed by atoms with Crippen molar-refractivity contribution in [3.63, 3.8) is 0 Å². The van der Waals surface area contributed by atoms with E-state index in [1.807, 2.05) is 0 Å². The third-order valence-electron chi connectivity index (χ3n) is 3.02. The molecule has 1 saturated carbocycles. The summed E-state index contributed by atoms with van der Waals surface area (Å²) in [6, 6.07) is 6.25. The molecule has 1 aromatic rings. The maximum absolute atomic E-state index is 12.0. The molecule has 0 heterocycles. The van der Waals surface area contributed by atoms with Crippen molar-refractivity contribution in [3.8, 4) is 5.75 Å². The summed E-state index contributed by atoms with van der Waals surface area (Å²) in [6.45, 7) is 0. The van der Waals surface area contributed by atoms with E-state index in [9.17, 15) is 13.2 Å². The quantitative estimate of drug-likeness (QED) is 0.745. The maximum Gasteiger partial charge on any atom is 0.573 e. The van der Waals surface area contributed by atoms with E-state index in [1.54, 1.807) is 12.1 Å². The first-order chi connectivity index (χ1) is 8.04. The van der Waals surface area contributed by atoms with Crippen molar-refractivity contribution in [3.05, 3.63) is 36.2 Å². The number of ether oxygens (including phenoxy) is 1. The molecule has 1 aromatic carbocycles. The smallest absolute Gasteiger partial charge is 0.406 e. The Kier molecular flexibility index (Phi) is 3.60. The lowest BCUT2D eigenvalue weighted by Gasteiger charge is -2.21.